The fourth-order valence-corrected chi connectivity index (χ4v) is 2.54. The Morgan fingerprint density at radius 1 is 1.18 bits per heavy atom. The van der Waals surface area contributed by atoms with E-state index in [9.17, 15) is 4.79 Å². The van der Waals surface area contributed by atoms with E-state index >= 15 is 0 Å². The van der Waals surface area contributed by atoms with Crippen molar-refractivity contribution in [2.45, 2.75) is 37.8 Å². The van der Waals surface area contributed by atoms with Gasteiger partial charge < -0.3 is 19.7 Å². The Hall–Kier alpha value is -1.62. The molecule has 1 fully saturated rings. The fourth-order valence-electron chi connectivity index (χ4n) is 2.54. The summed E-state index contributed by atoms with van der Waals surface area (Å²) in [6.07, 6.45) is 3.83. The normalized spacial score (nSPS) is 20.5. The number of nitrogens with zero attached hydrogens (tertiary/aromatic N) is 1. The summed E-state index contributed by atoms with van der Waals surface area (Å²) in [4.78, 5) is 13.2. The van der Waals surface area contributed by atoms with E-state index in [2.05, 4.69) is 5.32 Å². The van der Waals surface area contributed by atoms with Gasteiger partial charge in [0.25, 0.3) is 0 Å². The molecule has 1 aromatic rings. The van der Waals surface area contributed by atoms with Gasteiger partial charge in [-0.2, -0.15) is 0 Å². The summed E-state index contributed by atoms with van der Waals surface area (Å²) in [6, 6.07) is 7.98. The summed E-state index contributed by atoms with van der Waals surface area (Å²) >= 11 is 0. The van der Waals surface area contributed by atoms with Crippen LogP contribution in [0.4, 0.5) is 10.5 Å². The average Bonchev–Trinajstić information content (AvgIpc) is 2.50. The van der Waals surface area contributed by atoms with Crippen LogP contribution < -0.4 is 10.1 Å². The highest BCUT2D eigenvalue weighted by Crippen LogP contribution is 2.26. The zero-order chi connectivity index (χ0) is 15.2. The third-order valence-electron chi connectivity index (χ3n) is 3.76. The number of hydrogen-bond acceptors (Lipinski definition) is 4. The molecule has 1 N–H and O–H groups in total. The lowest BCUT2D eigenvalue weighted by Crippen LogP contribution is -2.41. The summed E-state index contributed by atoms with van der Waals surface area (Å²) in [5.74, 6) is 0.833. The zero-order valence-electron chi connectivity index (χ0n) is 13.4. The Morgan fingerprint density at radius 2 is 1.82 bits per heavy atom. The monoisotopic (exact) mass is 328 g/mol. The van der Waals surface area contributed by atoms with E-state index < -0.39 is 0 Å². The lowest BCUT2D eigenvalue weighted by atomic mass is 9.92. The molecule has 1 saturated carbocycles. The largest absolute Gasteiger partial charge is 0.497 e. The molecular formula is C16H25ClN2O3. The number of carbonyl (C=O) groups is 1. The minimum atomic E-state index is -0.275. The summed E-state index contributed by atoms with van der Waals surface area (Å²) in [7, 11) is 5.06. The van der Waals surface area contributed by atoms with E-state index in [1.807, 2.05) is 24.3 Å². The smallest absolute Gasteiger partial charge is 0.409 e. The molecule has 6 heteroatoms. The van der Waals surface area contributed by atoms with Crippen LogP contribution in [0.25, 0.3) is 0 Å². The molecule has 2 rings (SSSR count). The Bertz CT molecular complexity index is 465. The maximum absolute atomic E-state index is 11.8. The van der Waals surface area contributed by atoms with Gasteiger partial charge in [-0.15, -0.1) is 12.4 Å². The van der Waals surface area contributed by atoms with E-state index in [4.69, 9.17) is 9.47 Å². The van der Waals surface area contributed by atoms with E-state index in [1.54, 1.807) is 21.2 Å². The third kappa shape index (κ3) is 4.98. The molecule has 0 aliphatic heterocycles. The van der Waals surface area contributed by atoms with Crippen molar-refractivity contribution >= 4 is 24.2 Å². The molecule has 1 aromatic carbocycles. The number of benzene rings is 1. The van der Waals surface area contributed by atoms with Crippen molar-refractivity contribution in [2.24, 2.45) is 0 Å². The average molecular weight is 329 g/mol. The van der Waals surface area contributed by atoms with Gasteiger partial charge in [-0.25, -0.2) is 4.79 Å². The fraction of sp³-hybridized carbons (Fsp3) is 0.562. The van der Waals surface area contributed by atoms with Crippen molar-refractivity contribution in [3.63, 3.8) is 0 Å². The minimum Gasteiger partial charge on any atom is -0.497 e. The molecule has 0 unspecified atom stereocenters. The predicted molar refractivity (Wildman–Crippen MR) is 90.1 cm³/mol. The lowest BCUT2D eigenvalue weighted by molar-refractivity contribution is 0.0491. The quantitative estimate of drug-likeness (QED) is 0.918. The second-order valence-electron chi connectivity index (χ2n) is 5.58. The lowest BCUT2D eigenvalue weighted by Gasteiger charge is -2.33. The topological polar surface area (TPSA) is 50.8 Å². The van der Waals surface area contributed by atoms with Gasteiger partial charge in [0.05, 0.1) is 13.2 Å². The molecule has 22 heavy (non-hydrogen) atoms. The van der Waals surface area contributed by atoms with Crippen molar-refractivity contribution in [1.82, 2.24) is 4.90 Å². The second-order valence-corrected chi connectivity index (χ2v) is 5.58. The molecule has 0 spiro atoms. The number of halogens is 1. The first kappa shape index (κ1) is 18.4. The molecule has 2 atom stereocenters. The number of methoxy groups -OCH3 is 1. The molecule has 0 radical (unpaired) electrons. The highest BCUT2D eigenvalue weighted by Gasteiger charge is 2.28. The van der Waals surface area contributed by atoms with E-state index in [0.717, 1.165) is 37.1 Å². The molecule has 1 amide bonds. The second kappa shape index (κ2) is 8.73. The van der Waals surface area contributed by atoms with Crippen molar-refractivity contribution in [1.29, 1.82) is 0 Å². The summed E-state index contributed by atoms with van der Waals surface area (Å²) in [5.41, 5.74) is 1.02. The summed E-state index contributed by atoms with van der Waals surface area (Å²) in [6.45, 7) is 0. The van der Waals surface area contributed by atoms with Crippen LogP contribution in [0.5, 0.6) is 5.75 Å². The van der Waals surface area contributed by atoms with Crippen LogP contribution in [0.15, 0.2) is 24.3 Å². The Kier molecular flexibility index (Phi) is 7.32. The molecular weight excluding hydrogens is 304 g/mol. The van der Waals surface area contributed by atoms with Crippen molar-refractivity contribution in [3.05, 3.63) is 24.3 Å². The van der Waals surface area contributed by atoms with Crippen LogP contribution in [0.3, 0.4) is 0 Å². The molecule has 0 saturated heterocycles. The van der Waals surface area contributed by atoms with Crippen molar-refractivity contribution in [2.75, 3.05) is 26.5 Å². The number of nitrogens with one attached hydrogen (secondary N) is 1. The third-order valence-corrected chi connectivity index (χ3v) is 3.76. The highest BCUT2D eigenvalue weighted by atomic mass is 35.5. The van der Waals surface area contributed by atoms with Crippen LogP contribution in [0.2, 0.25) is 0 Å². The van der Waals surface area contributed by atoms with E-state index in [0.29, 0.717) is 0 Å². The van der Waals surface area contributed by atoms with Gasteiger partial charge in [0.2, 0.25) is 0 Å². The number of ether oxygens (including phenoxy) is 2. The van der Waals surface area contributed by atoms with Crippen LogP contribution in [0.1, 0.15) is 25.7 Å². The first-order valence-electron chi connectivity index (χ1n) is 7.38. The van der Waals surface area contributed by atoms with E-state index in [-0.39, 0.29) is 30.6 Å². The van der Waals surface area contributed by atoms with Gasteiger partial charge in [-0.1, -0.05) is 6.42 Å². The first-order chi connectivity index (χ1) is 10.1. The standard InChI is InChI=1S/C16H24N2O3.ClH/c1-18(2)16(19)21-15-7-5-4-6-14(15)17-12-8-10-13(20-3)11-9-12;/h8-11,14-15,17H,4-7H2,1-3H3;1H/t14-,15+;/m0./s1. The molecule has 0 heterocycles. The Balaban J connectivity index is 0.00000242. The number of amides is 1. The number of rotatable bonds is 4. The maximum Gasteiger partial charge on any atom is 0.409 e. The first-order valence-corrected chi connectivity index (χ1v) is 7.38. The minimum absolute atomic E-state index is 0. The highest BCUT2D eigenvalue weighted by molar-refractivity contribution is 5.85. The Labute approximate surface area is 138 Å². The molecule has 1 aliphatic carbocycles. The van der Waals surface area contributed by atoms with Gasteiger partial charge in [0.15, 0.2) is 0 Å². The molecule has 1 aliphatic rings. The van der Waals surface area contributed by atoms with Gasteiger partial charge >= 0.3 is 6.09 Å². The van der Waals surface area contributed by atoms with Gasteiger partial charge in [-0.05, 0) is 43.5 Å². The van der Waals surface area contributed by atoms with Crippen LogP contribution >= 0.6 is 12.4 Å². The van der Waals surface area contributed by atoms with Gasteiger partial charge in [-0.3, -0.25) is 0 Å². The van der Waals surface area contributed by atoms with Crippen molar-refractivity contribution in [3.8, 4) is 5.75 Å². The maximum atomic E-state index is 11.8. The summed E-state index contributed by atoms with van der Waals surface area (Å²) in [5, 5.41) is 3.48. The van der Waals surface area contributed by atoms with Crippen LogP contribution in [0, 0.1) is 0 Å². The van der Waals surface area contributed by atoms with E-state index in [1.165, 1.54) is 4.90 Å². The van der Waals surface area contributed by atoms with Crippen LogP contribution in [-0.4, -0.2) is 44.3 Å². The Morgan fingerprint density at radius 3 is 2.41 bits per heavy atom. The number of hydrogen-bond donors (Lipinski definition) is 1. The summed E-state index contributed by atoms with van der Waals surface area (Å²) < 4.78 is 10.7. The van der Waals surface area contributed by atoms with Crippen molar-refractivity contribution < 1.29 is 14.3 Å². The SMILES string of the molecule is COc1ccc(N[C@H]2CCCC[C@H]2OC(=O)N(C)C)cc1.Cl. The van der Waals surface area contributed by atoms with Gasteiger partial charge in [0.1, 0.15) is 11.9 Å². The zero-order valence-corrected chi connectivity index (χ0v) is 14.2. The molecule has 0 bridgehead atoms. The predicted octanol–water partition coefficient (Wildman–Crippen LogP) is 3.54. The molecule has 0 aromatic heterocycles. The van der Waals surface area contributed by atoms with Gasteiger partial charge in [0, 0.05) is 19.8 Å². The molecule has 5 nitrogen and oxygen atoms in total. The number of carbonyl (C=O) groups excluding carboxylic acids is 1. The van der Waals surface area contributed by atoms with Crippen LogP contribution in [-0.2, 0) is 4.74 Å². The molecule has 124 valence electrons. The number of anilines is 1.